The molecule has 0 saturated carbocycles. The fraction of sp³-hybridized carbons (Fsp3) is 0.353. The Morgan fingerprint density at radius 3 is 2.57 bits per heavy atom. The number of urea groups is 1. The summed E-state index contributed by atoms with van der Waals surface area (Å²) in [4.78, 5) is 14.1. The van der Waals surface area contributed by atoms with E-state index in [4.69, 9.17) is 0 Å². The molecule has 1 aliphatic rings. The summed E-state index contributed by atoms with van der Waals surface area (Å²) in [5, 5.41) is 4.91. The summed E-state index contributed by atoms with van der Waals surface area (Å²) in [5.41, 5.74) is 0.0671. The van der Waals surface area contributed by atoms with Crippen LogP contribution in [0.2, 0.25) is 0 Å². The van der Waals surface area contributed by atoms with Crippen LogP contribution in [0.1, 0.15) is 13.3 Å². The van der Waals surface area contributed by atoms with Gasteiger partial charge in [0.2, 0.25) is 0 Å². The van der Waals surface area contributed by atoms with Crippen LogP contribution in [0.15, 0.2) is 42.5 Å². The number of anilines is 1. The molecular formula is C17H20N2O3S. The van der Waals surface area contributed by atoms with E-state index in [0.29, 0.717) is 6.42 Å². The molecule has 2 amide bonds. The summed E-state index contributed by atoms with van der Waals surface area (Å²) in [6.45, 7) is 1.82. The fourth-order valence-corrected chi connectivity index (χ4v) is 5.22. The number of hydrogen-bond acceptors (Lipinski definition) is 3. The number of hydrogen-bond donors (Lipinski definition) is 1. The van der Waals surface area contributed by atoms with E-state index in [1.54, 1.807) is 7.05 Å². The molecular weight excluding hydrogens is 312 g/mol. The van der Waals surface area contributed by atoms with Gasteiger partial charge in [0.1, 0.15) is 0 Å². The SMILES string of the molecule is CN(C(=O)Nc1cccc2ccccc12)C1(C)CCS(=O)(=O)C1. The second kappa shape index (κ2) is 5.53. The minimum Gasteiger partial charge on any atom is -0.321 e. The van der Waals surface area contributed by atoms with Gasteiger partial charge in [-0.15, -0.1) is 0 Å². The highest BCUT2D eigenvalue weighted by Gasteiger charge is 2.43. The molecule has 0 bridgehead atoms. The average molecular weight is 332 g/mol. The molecule has 1 aliphatic heterocycles. The number of amides is 2. The first-order valence-electron chi connectivity index (χ1n) is 7.54. The van der Waals surface area contributed by atoms with Crippen LogP contribution in [0.3, 0.4) is 0 Å². The van der Waals surface area contributed by atoms with Crippen LogP contribution in [0.25, 0.3) is 10.8 Å². The normalized spacial score (nSPS) is 22.9. The minimum atomic E-state index is -3.06. The Morgan fingerprint density at radius 2 is 1.87 bits per heavy atom. The van der Waals surface area contributed by atoms with E-state index in [2.05, 4.69) is 5.32 Å². The van der Waals surface area contributed by atoms with Crippen molar-refractivity contribution in [1.82, 2.24) is 4.90 Å². The van der Waals surface area contributed by atoms with Crippen LogP contribution >= 0.6 is 0 Å². The predicted molar refractivity (Wildman–Crippen MR) is 92.4 cm³/mol. The molecule has 2 aromatic rings. The molecule has 1 heterocycles. The van der Waals surface area contributed by atoms with Gasteiger partial charge in [0.15, 0.2) is 9.84 Å². The largest absolute Gasteiger partial charge is 0.322 e. The summed E-state index contributed by atoms with van der Waals surface area (Å²) in [7, 11) is -1.41. The van der Waals surface area contributed by atoms with Gasteiger partial charge in [-0.05, 0) is 24.8 Å². The second-order valence-corrected chi connectivity index (χ2v) is 8.54. The molecule has 23 heavy (non-hydrogen) atoms. The lowest BCUT2D eigenvalue weighted by Crippen LogP contribution is -2.50. The van der Waals surface area contributed by atoms with Crippen molar-refractivity contribution in [2.24, 2.45) is 0 Å². The van der Waals surface area contributed by atoms with Crippen molar-refractivity contribution >= 4 is 32.3 Å². The number of carbonyl (C=O) groups excluding carboxylic acids is 1. The predicted octanol–water partition coefficient (Wildman–Crippen LogP) is 2.88. The molecule has 1 atom stereocenters. The van der Waals surface area contributed by atoms with E-state index in [0.717, 1.165) is 16.5 Å². The van der Waals surface area contributed by atoms with Gasteiger partial charge in [-0.25, -0.2) is 13.2 Å². The fourth-order valence-electron chi connectivity index (χ4n) is 3.04. The third kappa shape index (κ3) is 3.03. The number of carbonyl (C=O) groups is 1. The van der Waals surface area contributed by atoms with E-state index in [1.165, 1.54) is 4.90 Å². The van der Waals surface area contributed by atoms with Gasteiger partial charge in [0.05, 0.1) is 22.7 Å². The van der Waals surface area contributed by atoms with Crippen LogP contribution < -0.4 is 5.32 Å². The van der Waals surface area contributed by atoms with Gasteiger partial charge >= 0.3 is 6.03 Å². The highest BCUT2D eigenvalue weighted by atomic mass is 32.2. The van der Waals surface area contributed by atoms with Gasteiger partial charge in [-0.1, -0.05) is 36.4 Å². The first-order valence-corrected chi connectivity index (χ1v) is 9.36. The third-order valence-corrected chi connectivity index (χ3v) is 6.52. The maximum atomic E-state index is 12.6. The summed E-state index contributed by atoms with van der Waals surface area (Å²) in [5.74, 6) is 0.148. The number of benzene rings is 2. The first kappa shape index (κ1) is 15.8. The second-order valence-electron chi connectivity index (χ2n) is 6.35. The molecule has 1 fully saturated rings. The number of nitrogens with zero attached hydrogens (tertiary/aromatic N) is 1. The zero-order valence-corrected chi connectivity index (χ0v) is 14.1. The Morgan fingerprint density at radius 1 is 1.17 bits per heavy atom. The summed E-state index contributed by atoms with van der Waals surface area (Å²) >= 11 is 0. The van der Waals surface area contributed by atoms with Crippen molar-refractivity contribution < 1.29 is 13.2 Å². The monoisotopic (exact) mass is 332 g/mol. The van der Waals surface area contributed by atoms with Crippen LogP contribution in [0.5, 0.6) is 0 Å². The quantitative estimate of drug-likeness (QED) is 0.919. The van der Waals surface area contributed by atoms with E-state index in [1.807, 2.05) is 49.4 Å². The topological polar surface area (TPSA) is 66.5 Å². The van der Waals surface area contributed by atoms with E-state index < -0.39 is 15.4 Å². The van der Waals surface area contributed by atoms with Crippen molar-refractivity contribution in [3.8, 4) is 0 Å². The van der Waals surface area contributed by atoms with Crippen molar-refractivity contribution in [3.63, 3.8) is 0 Å². The molecule has 1 N–H and O–H groups in total. The Bertz CT molecular complexity index is 858. The molecule has 1 saturated heterocycles. The summed E-state index contributed by atoms with van der Waals surface area (Å²) in [6, 6.07) is 13.2. The zero-order valence-electron chi connectivity index (χ0n) is 13.2. The summed E-state index contributed by atoms with van der Waals surface area (Å²) in [6.07, 6.45) is 0.467. The molecule has 0 aliphatic carbocycles. The van der Waals surface area contributed by atoms with E-state index >= 15 is 0 Å². The van der Waals surface area contributed by atoms with Crippen molar-refractivity contribution in [2.75, 3.05) is 23.9 Å². The molecule has 0 radical (unpaired) electrons. The van der Waals surface area contributed by atoms with Crippen LogP contribution in [0.4, 0.5) is 10.5 Å². The van der Waals surface area contributed by atoms with Crippen LogP contribution in [-0.2, 0) is 9.84 Å². The third-order valence-electron chi connectivity index (χ3n) is 4.63. The van der Waals surface area contributed by atoms with Crippen LogP contribution in [-0.4, -0.2) is 43.4 Å². The lowest BCUT2D eigenvalue weighted by molar-refractivity contribution is 0.172. The molecule has 6 heteroatoms. The minimum absolute atomic E-state index is 0.0134. The van der Waals surface area contributed by atoms with Crippen molar-refractivity contribution in [3.05, 3.63) is 42.5 Å². The molecule has 0 aromatic heterocycles. The molecule has 0 spiro atoms. The highest BCUT2D eigenvalue weighted by Crippen LogP contribution is 2.30. The highest BCUT2D eigenvalue weighted by molar-refractivity contribution is 7.91. The zero-order chi connectivity index (χ0) is 16.7. The Hall–Kier alpha value is -2.08. The summed E-state index contributed by atoms with van der Waals surface area (Å²) < 4.78 is 23.5. The van der Waals surface area contributed by atoms with Gasteiger partial charge < -0.3 is 10.2 Å². The molecule has 5 nitrogen and oxygen atoms in total. The number of nitrogens with one attached hydrogen (secondary N) is 1. The number of sulfone groups is 1. The first-order chi connectivity index (χ1) is 10.8. The van der Waals surface area contributed by atoms with Crippen LogP contribution in [0, 0.1) is 0 Å². The lowest BCUT2D eigenvalue weighted by atomic mass is 10.0. The van der Waals surface area contributed by atoms with Gasteiger partial charge in [-0.3, -0.25) is 0 Å². The Kier molecular flexibility index (Phi) is 3.80. The molecule has 1 unspecified atom stereocenters. The Balaban J connectivity index is 1.84. The maximum Gasteiger partial charge on any atom is 0.322 e. The number of fused-ring (bicyclic) bond motifs is 1. The molecule has 122 valence electrons. The van der Waals surface area contributed by atoms with Gasteiger partial charge in [0, 0.05) is 12.4 Å². The molecule has 3 rings (SSSR count). The smallest absolute Gasteiger partial charge is 0.321 e. The number of rotatable bonds is 2. The van der Waals surface area contributed by atoms with Crippen molar-refractivity contribution in [1.29, 1.82) is 0 Å². The maximum absolute atomic E-state index is 12.6. The van der Waals surface area contributed by atoms with Gasteiger partial charge in [-0.2, -0.15) is 0 Å². The lowest BCUT2D eigenvalue weighted by Gasteiger charge is -2.34. The average Bonchev–Trinajstić information content (AvgIpc) is 2.81. The van der Waals surface area contributed by atoms with E-state index in [9.17, 15) is 13.2 Å². The Labute approximate surface area is 136 Å². The van der Waals surface area contributed by atoms with Gasteiger partial charge in [0.25, 0.3) is 0 Å². The molecule has 2 aromatic carbocycles. The van der Waals surface area contributed by atoms with Crippen molar-refractivity contribution in [2.45, 2.75) is 18.9 Å². The standard InChI is InChI=1S/C17H20N2O3S/c1-17(10-11-23(21,22)12-17)19(2)16(20)18-15-9-5-7-13-6-3-4-8-14(13)15/h3-9H,10-12H2,1-2H3,(H,18,20). The van der Waals surface area contributed by atoms with E-state index in [-0.39, 0.29) is 17.5 Å².